The quantitative estimate of drug-likeness (QED) is 0.867. The number of nitrogens with zero attached hydrogens (tertiary/aromatic N) is 1. The monoisotopic (exact) mass is 310 g/mol. The minimum Gasteiger partial charge on any atom is -0.465 e. The van der Waals surface area contributed by atoms with E-state index in [1.54, 1.807) is 18.2 Å². The second kappa shape index (κ2) is 7.14. The Labute approximate surface area is 131 Å². The Balaban J connectivity index is 2.06. The van der Waals surface area contributed by atoms with Gasteiger partial charge >= 0.3 is 5.97 Å². The van der Waals surface area contributed by atoms with Crippen LogP contribution in [0.25, 0.3) is 0 Å². The summed E-state index contributed by atoms with van der Waals surface area (Å²) < 4.78 is 4.75. The van der Waals surface area contributed by atoms with E-state index in [0.717, 1.165) is 18.8 Å². The molecule has 1 aromatic rings. The maximum atomic E-state index is 11.6. The molecule has 0 saturated carbocycles. The van der Waals surface area contributed by atoms with Gasteiger partial charge in [0.1, 0.15) is 0 Å². The van der Waals surface area contributed by atoms with Crippen LogP contribution >= 0.6 is 11.6 Å². The smallest absolute Gasteiger partial charge is 0.337 e. The molecule has 4 nitrogen and oxygen atoms in total. The molecule has 1 aliphatic rings. The number of benzene rings is 1. The summed E-state index contributed by atoms with van der Waals surface area (Å²) in [5.74, 6) is 0.278. The molecule has 0 radical (unpaired) electrons. The number of anilines is 1. The summed E-state index contributed by atoms with van der Waals surface area (Å²) in [5.41, 5.74) is 1.31. The number of halogens is 1. The molecule has 0 spiro atoms. The molecule has 1 N–H and O–H groups in total. The van der Waals surface area contributed by atoms with Gasteiger partial charge in [0.05, 0.1) is 23.4 Å². The van der Waals surface area contributed by atoms with Crippen molar-refractivity contribution in [3.05, 3.63) is 28.8 Å². The van der Waals surface area contributed by atoms with E-state index >= 15 is 0 Å². The minimum atomic E-state index is -0.346. The van der Waals surface area contributed by atoms with Gasteiger partial charge in [-0.05, 0) is 64.0 Å². The standard InChI is InChI=1S/C16H23ClN2O2/c1-11(12-6-8-19(2)9-7-12)18-15-10-13(16(20)21-3)4-5-14(15)17/h4-5,10-12,18H,6-9H2,1-3H3. The third-order valence-corrected chi connectivity index (χ3v) is 4.57. The Kier molecular flexibility index (Phi) is 5.48. The Morgan fingerprint density at radius 2 is 2.10 bits per heavy atom. The van der Waals surface area contributed by atoms with Crippen LogP contribution in [0.3, 0.4) is 0 Å². The Hall–Kier alpha value is -1.26. The van der Waals surface area contributed by atoms with Crippen LogP contribution in [0, 0.1) is 5.92 Å². The molecule has 1 saturated heterocycles. The molecule has 0 amide bonds. The van der Waals surface area contributed by atoms with Crippen molar-refractivity contribution in [2.24, 2.45) is 5.92 Å². The van der Waals surface area contributed by atoms with Crippen LogP contribution in [0.5, 0.6) is 0 Å². The van der Waals surface area contributed by atoms with E-state index in [1.807, 2.05) is 0 Å². The Morgan fingerprint density at radius 1 is 1.43 bits per heavy atom. The fraction of sp³-hybridized carbons (Fsp3) is 0.562. The Morgan fingerprint density at radius 3 is 2.71 bits per heavy atom. The fourth-order valence-electron chi connectivity index (χ4n) is 2.77. The summed E-state index contributed by atoms with van der Waals surface area (Å²) in [6, 6.07) is 5.50. The van der Waals surface area contributed by atoms with Crippen molar-refractivity contribution in [3.63, 3.8) is 0 Å². The molecule has 5 heteroatoms. The number of carbonyl (C=O) groups is 1. The first-order valence-electron chi connectivity index (χ1n) is 7.34. The van der Waals surface area contributed by atoms with Gasteiger partial charge in [-0.25, -0.2) is 4.79 Å². The van der Waals surface area contributed by atoms with Gasteiger partial charge in [-0.2, -0.15) is 0 Å². The zero-order valence-electron chi connectivity index (χ0n) is 12.9. The molecule has 116 valence electrons. The van der Waals surface area contributed by atoms with Crippen LogP contribution in [0.1, 0.15) is 30.1 Å². The molecular formula is C16H23ClN2O2. The van der Waals surface area contributed by atoms with E-state index < -0.39 is 0 Å². The number of likely N-dealkylation sites (tertiary alicyclic amines) is 1. The summed E-state index contributed by atoms with van der Waals surface area (Å²) in [7, 11) is 3.54. The number of carbonyl (C=O) groups excluding carboxylic acids is 1. The van der Waals surface area contributed by atoms with Gasteiger partial charge in [-0.3, -0.25) is 0 Å². The van der Waals surface area contributed by atoms with Crippen molar-refractivity contribution < 1.29 is 9.53 Å². The van der Waals surface area contributed by atoms with Gasteiger partial charge in [0.15, 0.2) is 0 Å². The number of methoxy groups -OCH3 is 1. The lowest BCUT2D eigenvalue weighted by Crippen LogP contribution is -2.37. The third-order valence-electron chi connectivity index (χ3n) is 4.24. The number of nitrogens with one attached hydrogen (secondary N) is 1. The van der Waals surface area contributed by atoms with E-state index in [9.17, 15) is 4.79 Å². The number of hydrogen-bond acceptors (Lipinski definition) is 4. The highest BCUT2D eigenvalue weighted by Gasteiger charge is 2.22. The number of rotatable bonds is 4. The number of hydrogen-bond donors (Lipinski definition) is 1. The minimum absolute atomic E-state index is 0.323. The van der Waals surface area contributed by atoms with E-state index in [-0.39, 0.29) is 5.97 Å². The summed E-state index contributed by atoms with van der Waals surface area (Å²) in [6.07, 6.45) is 2.36. The maximum Gasteiger partial charge on any atom is 0.337 e. The van der Waals surface area contributed by atoms with E-state index in [0.29, 0.717) is 22.5 Å². The Bertz CT molecular complexity index is 499. The highest BCUT2D eigenvalue weighted by Crippen LogP contribution is 2.28. The van der Waals surface area contributed by atoms with Crippen molar-refractivity contribution in [1.29, 1.82) is 0 Å². The summed E-state index contributed by atoms with van der Waals surface area (Å²) in [4.78, 5) is 14.0. The predicted octanol–water partition coefficient (Wildman–Crippen LogP) is 3.27. The van der Waals surface area contributed by atoms with Crippen molar-refractivity contribution in [3.8, 4) is 0 Å². The molecular weight excluding hydrogens is 288 g/mol. The first-order chi connectivity index (χ1) is 10.0. The molecule has 1 aromatic carbocycles. The normalized spacial score (nSPS) is 18.3. The molecule has 1 unspecified atom stereocenters. The van der Waals surface area contributed by atoms with Crippen molar-refractivity contribution in [2.75, 3.05) is 32.6 Å². The SMILES string of the molecule is COC(=O)c1ccc(Cl)c(NC(C)C2CCN(C)CC2)c1. The van der Waals surface area contributed by atoms with E-state index in [1.165, 1.54) is 20.0 Å². The number of ether oxygens (including phenoxy) is 1. The number of esters is 1. The van der Waals surface area contributed by atoms with Crippen molar-refractivity contribution in [2.45, 2.75) is 25.8 Å². The van der Waals surface area contributed by atoms with E-state index in [2.05, 4.69) is 24.2 Å². The van der Waals surface area contributed by atoms with Crippen LogP contribution in [0.15, 0.2) is 18.2 Å². The summed E-state index contributed by atoms with van der Waals surface area (Å²) >= 11 is 6.23. The fourth-order valence-corrected chi connectivity index (χ4v) is 2.94. The summed E-state index contributed by atoms with van der Waals surface area (Å²) in [5, 5.41) is 4.08. The van der Waals surface area contributed by atoms with Gasteiger partial charge in [0.25, 0.3) is 0 Å². The molecule has 1 atom stereocenters. The van der Waals surface area contributed by atoms with Gasteiger partial charge in [0, 0.05) is 6.04 Å². The molecule has 0 bridgehead atoms. The van der Waals surface area contributed by atoms with Crippen LogP contribution in [-0.4, -0.2) is 44.2 Å². The second-order valence-electron chi connectivity index (χ2n) is 5.76. The topological polar surface area (TPSA) is 41.6 Å². The average Bonchev–Trinajstić information content (AvgIpc) is 2.49. The van der Waals surface area contributed by atoms with Gasteiger partial charge < -0.3 is 15.0 Å². The lowest BCUT2D eigenvalue weighted by atomic mass is 9.90. The molecule has 1 aliphatic heterocycles. The van der Waals surface area contributed by atoms with Crippen LogP contribution in [0.4, 0.5) is 5.69 Å². The molecule has 21 heavy (non-hydrogen) atoms. The molecule has 0 aromatic heterocycles. The molecule has 2 rings (SSSR count). The van der Waals surface area contributed by atoms with Crippen LogP contribution < -0.4 is 5.32 Å². The van der Waals surface area contributed by atoms with Gasteiger partial charge in [-0.1, -0.05) is 11.6 Å². The largest absolute Gasteiger partial charge is 0.465 e. The average molecular weight is 311 g/mol. The highest BCUT2D eigenvalue weighted by molar-refractivity contribution is 6.33. The lowest BCUT2D eigenvalue weighted by Gasteiger charge is -2.33. The third kappa shape index (κ3) is 4.11. The van der Waals surface area contributed by atoms with Crippen molar-refractivity contribution >= 4 is 23.3 Å². The lowest BCUT2D eigenvalue weighted by molar-refractivity contribution is 0.0601. The molecule has 1 fully saturated rings. The summed E-state index contributed by atoms with van der Waals surface area (Å²) in [6.45, 7) is 4.44. The first-order valence-corrected chi connectivity index (χ1v) is 7.72. The first kappa shape index (κ1) is 16.1. The predicted molar refractivity (Wildman–Crippen MR) is 86.1 cm³/mol. The van der Waals surface area contributed by atoms with Gasteiger partial charge in [-0.15, -0.1) is 0 Å². The zero-order chi connectivity index (χ0) is 15.4. The van der Waals surface area contributed by atoms with Crippen molar-refractivity contribution in [1.82, 2.24) is 4.90 Å². The highest BCUT2D eigenvalue weighted by atomic mass is 35.5. The zero-order valence-corrected chi connectivity index (χ0v) is 13.6. The molecule has 1 heterocycles. The molecule has 0 aliphatic carbocycles. The second-order valence-corrected chi connectivity index (χ2v) is 6.17. The van der Waals surface area contributed by atoms with Gasteiger partial charge in [0.2, 0.25) is 0 Å². The maximum absolute atomic E-state index is 11.6. The van der Waals surface area contributed by atoms with Crippen LogP contribution in [-0.2, 0) is 4.74 Å². The number of piperidine rings is 1. The van der Waals surface area contributed by atoms with Crippen LogP contribution in [0.2, 0.25) is 5.02 Å². The van der Waals surface area contributed by atoms with E-state index in [4.69, 9.17) is 16.3 Å².